The fourth-order valence-corrected chi connectivity index (χ4v) is 5.74. The number of carbonyl (C=O) groups excluding carboxylic acids is 1. The highest BCUT2D eigenvalue weighted by Crippen LogP contribution is 2.52. The molecule has 0 saturated carbocycles. The molecular weight excluding hydrogens is 492 g/mol. The van der Waals surface area contributed by atoms with Crippen LogP contribution in [0.5, 0.6) is 0 Å². The second-order valence-electron chi connectivity index (χ2n) is 10.2. The molecule has 3 aliphatic heterocycles. The molecule has 0 spiro atoms. The van der Waals surface area contributed by atoms with Gasteiger partial charge in [0.25, 0.3) is 0 Å². The number of ether oxygens (including phenoxy) is 2. The van der Waals surface area contributed by atoms with Gasteiger partial charge in [-0.2, -0.15) is 26.3 Å². The molecule has 1 N–H and O–H groups in total. The number of alkyl halides is 6. The minimum atomic E-state index is -4.65. The van der Waals surface area contributed by atoms with Crippen LogP contribution in [-0.4, -0.2) is 60.0 Å². The molecule has 5 nitrogen and oxygen atoms in total. The summed E-state index contributed by atoms with van der Waals surface area (Å²) in [4.78, 5) is 13.4. The van der Waals surface area contributed by atoms with Gasteiger partial charge >= 0.3 is 18.3 Å². The van der Waals surface area contributed by atoms with E-state index in [2.05, 4.69) is 14.1 Å². The summed E-state index contributed by atoms with van der Waals surface area (Å²) in [6.07, 6.45) is -8.82. The average Bonchev–Trinajstić information content (AvgIpc) is 3.56. The number of fused-ring (bicyclic) bond motifs is 5. The van der Waals surface area contributed by atoms with E-state index in [1.165, 1.54) is 0 Å². The first-order valence-corrected chi connectivity index (χ1v) is 11.4. The van der Waals surface area contributed by atoms with E-state index >= 15 is 0 Å². The van der Waals surface area contributed by atoms with Gasteiger partial charge in [-0.05, 0) is 35.4 Å². The first kappa shape index (κ1) is 25.0. The maximum absolute atomic E-state index is 13.4. The normalized spacial score (nSPS) is 29.0. The third-order valence-corrected chi connectivity index (χ3v) is 7.87. The van der Waals surface area contributed by atoms with Gasteiger partial charge in [-0.3, -0.25) is 0 Å². The average molecular weight is 516 g/mol. The molecule has 194 valence electrons. The van der Waals surface area contributed by atoms with E-state index in [1.807, 2.05) is 0 Å². The van der Waals surface area contributed by atoms with Crippen LogP contribution in [0.3, 0.4) is 0 Å². The van der Waals surface area contributed by atoms with Gasteiger partial charge in [0, 0.05) is 12.8 Å². The fraction of sp³-hybridized carbons (Fsp3) is 0.480. The predicted octanol–water partition coefficient (Wildman–Crippen LogP) is 4.26. The van der Waals surface area contributed by atoms with Gasteiger partial charge in [-0.1, -0.05) is 24.3 Å². The lowest BCUT2D eigenvalue weighted by Gasteiger charge is -2.45. The standard InChI is InChI=1S/C25H24F6NO4/c1-32(2)18-11-17(12-19(32)21-20(18)36-21)35-22(33)23(34,13-3-7-15(8-4-13)24(26,27)28)14-5-9-16(10-6-14)25(29,30)31/h3-10,17-21,34H,11-12H2,1-2H3/q+1/t17?,18-,19?,20+,21?/m0/s1. The Labute approximate surface area is 202 Å². The fourth-order valence-electron chi connectivity index (χ4n) is 5.74. The Bertz CT molecular complexity index is 1080. The van der Waals surface area contributed by atoms with Crippen LogP contribution in [-0.2, 0) is 32.2 Å². The molecule has 3 unspecified atom stereocenters. The smallest absolute Gasteiger partial charge is 0.416 e. The highest BCUT2D eigenvalue weighted by molar-refractivity contribution is 5.85. The van der Waals surface area contributed by atoms with Gasteiger partial charge in [-0.15, -0.1) is 0 Å². The molecular formula is C25H24F6NO4+. The van der Waals surface area contributed by atoms with Gasteiger partial charge in [0.2, 0.25) is 5.60 Å². The molecule has 0 radical (unpaired) electrons. The van der Waals surface area contributed by atoms with Gasteiger partial charge in [-0.25, -0.2) is 4.79 Å². The Morgan fingerprint density at radius 3 is 1.53 bits per heavy atom. The summed E-state index contributed by atoms with van der Waals surface area (Å²) in [5.41, 5.74) is -5.12. The number of aliphatic hydroxyl groups is 1. The molecule has 5 atom stereocenters. The number of likely N-dealkylation sites (N-methyl/N-ethyl adjacent to an activating group) is 1. The van der Waals surface area contributed by atoms with Crippen LogP contribution in [0.2, 0.25) is 0 Å². The predicted molar refractivity (Wildman–Crippen MR) is 113 cm³/mol. The van der Waals surface area contributed by atoms with Crippen molar-refractivity contribution in [2.45, 2.75) is 61.2 Å². The summed E-state index contributed by atoms with van der Waals surface area (Å²) in [6, 6.07) is 6.66. The van der Waals surface area contributed by atoms with Crippen molar-refractivity contribution in [1.82, 2.24) is 0 Å². The third-order valence-electron chi connectivity index (χ3n) is 7.87. The number of morpholine rings is 1. The van der Waals surface area contributed by atoms with Crippen molar-refractivity contribution in [2.75, 3.05) is 14.1 Å². The SMILES string of the molecule is C[N+]1(C)C2CC(OC(=O)C(O)(c3ccc(C(F)(F)F)cc3)c3ccc(C(F)(F)F)cc3)C[C@H]1[C@H]1OC21. The number of piperidine rings is 1. The van der Waals surface area contributed by atoms with Crippen molar-refractivity contribution in [3.63, 3.8) is 0 Å². The number of halogens is 6. The van der Waals surface area contributed by atoms with Gasteiger partial charge in [0.15, 0.2) is 0 Å². The van der Waals surface area contributed by atoms with Crippen molar-refractivity contribution in [3.8, 4) is 0 Å². The lowest BCUT2D eigenvalue weighted by Crippen LogP contribution is -2.60. The lowest BCUT2D eigenvalue weighted by molar-refractivity contribution is -0.938. The van der Waals surface area contributed by atoms with E-state index in [1.54, 1.807) is 0 Å². The van der Waals surface area contributed by atoms with Crippen LogP contribution in [0.4, 0.5) is 26.3 Å². The number of benzene rings is 2. The molecule has 0 aliphatic carbocycles. The Kier molecular flexibility index (Phi) is 5.52. The minimum absolute atomic E-state index is 0.0670. The van der Waals surface area contributed by atoms with Crippen molar-refractivity contribution >= 4 is 5.97 Å². The summed E-state index contributed by atoms with van der Waals surface area (Å²) in [5.74, 6) is -1.16. The molecule has 0 aromatic heterocycles. The summed E-state index contributed by atoms with van der Waals surface area (Å²) in [6.45, 7) is 0. The number of hydrogen-bond donors (Lipinski definition) is 1. The second kappa shape index (κ2) is 7.93. The van der Waals surface area contributed by atoms with Crippen LogP contribution < -0.4 is 0 Å². The maximum atomic E-state index is 13.4. The number of esters is 1. The third kappa shape index (κ3) is 3.97. The summed E-state index contributed by atoms with van der Waals surface area (Å²) in [5, 5.41) is 11.6. The molecule has 2 bridgehead atoms. The van der Waals surface area contributed by atoms with Crippen LogP contribution in [0.25, 0.3) is 0 Å². The number of hydrogen-bond acceptors (Lipinski definition) is 4. The number of epoxide rings is 1. The Morgan fingerprint density at radius 2 is 1.17 bits per heavy atom. The maximum Gasteiger partial charge on any atom is 0.416 e. The van der Waals surface area contributed by atoms with Gasteiger partial charge in [0.05, 0.1) is 25.2 Å². The second-order valence-corrected chi connectivity index (χ2v) is 10.2. The first-order chi connectivity index (χ1) is 16.6. The van der Waals surface area contributed by atoms with Crippen LogP contribution in [0.15, 0.2) is 48.5 Å². The molecule has 2 aromatic carbocycles. The van der Waals surface area contributed by atoms with Gasteiger partial charge in [0.1, 0.15) is 30.4 Å². The van der Waals surface area contributed by atoms with E-state index in [9.17, 15) is 36.2 Å². The zero-order valence-corrected chi connectivity index (χ0v) is 19.3. The van der Waals surface area contributed by atoms with Crippen LogP contribution in [0.1, 0.15) is 35.1 Å². The zero-order chi connectivity index (χ0) is 26.3. The Balaban J connectivity index is 1.47. The summed E-state index contributed by atoms with van der Waals surface area (Å²) >= 11 is 0. The first-order valence-electron chi connectivity index (χ1n) is 11.4. The molecule has 5 rings (SSSR count). The van der Waals surface area contributed by atoms with Crippen molar-refractivity contribution < 1.29 is 50.2 Å². The largest absolute Gasteiger partial charge is 0.459 e. The monoisotopic (exact) mass is 516 g/mol. The van der Waals surface area contributed by atoms with E-state index in [0.29, 0.717) is 41.6 Å². The quantitative estimate of drug-likeness (QED) is 0.286. The number of nitrogens with zero attached hydrogens (tertiary/aromatic N) is 1. The Morgan fingerprint density at radius 1 is 0.806 bits per heavy atom. The zero-order valence-electron chi connectivity index (χ0n) is 19.3. The van der Waals surface area contributed by atoms with Crippen molar-refractivity contribution in [2.24, 2.45) is 0 Å². The van der Waals surface area contributed by atoms with E-state index in [0.717, 1.165) is 24.3 Å². The molecule has 3 saturated heterocycles. The molecule has 36 heavy (non-hydrogen) atoms. The highest BCUT2D eigenvalue weighted by atomic mass is 19.4. The molecule has 3 aliphatic rings. The Hall–Kier alpha value is -2.63. The summed E-state index contributed by atoms with van der Waals surface area (Å²) in [7, 11) is 4.15. The molecule has 3 fully saturated rings. The molecule has 3 heterocycles. The van der Waals surface area contributed by atoms with E-state index in [4.69, 9.17) is 9.47 Å². The number of rotatable bonds is 4. The number of quaternary nitrogens is 1. The topological polar surface area (TPSA) is 59.1 Å². The van der Waals surface area contributed by atoms with E-state index in [-0.39, 0.29) is 35.4 Å². The van der Waals surface area contributed by atoms with Crippen LogP contribution >= 0.6 is 0 Å². The molecule has 11 heteroatoms. The van der Waals surface area contributed by atoms with Crippen molar-refractivity contribution in [1.29, 1.82) is 0 Å². The molecule has 2 aromatic rings. The van der Waals surface area contributed by atoms with Crippen LogP contribution in [0, 0.1) is 0 Å². The van der Waals surface area contributed by atoms with Crippen molar-refractivity contribution in [3.05, 3.63) is 70.8 Å². The molecule has 0 amide bonds. The lowest BCUT2D eigenvalue weighted by atomic mass is 9.85. The minimum Gasteiger partial charge on any atom is -0.459 e. The highest BCUT2D eigenvalue weighted by Gasteiger charge is 2.71. The van der Waals surface area contributed by atoms with E-state index < -0.39 is 41.2 Å². The number of carbonyl (C=O) groups is 1. The summed E-state index contributed by atoms with van der Waals surface area (Å²) < 4.78 is 90.5. The van der Waals surface area contributed by atoms with Gasteiger partial charge < -0.3 is 19.1 Å².